The van der Waals surface area contributed by atoms with E-state index < -0.39 is 0 Å². The average molecular weight is 638 g/mol. The van der Waals surface area contributed by atoms with Crippen LogP contribution >= 0.6 is 0 Å². The summed E-state index contributed by atoms with van der Waals surface area (Å²) in [5.74, 6) is 0.692. The van der Waals surface area contributed by atoms with E-state index in [0.717, 1.165) is 55.6 Å². The van der Waals surface area contributed by atoms with Crippen molar-refractivity contribution in [2.24, 2.45) is 0 Å². The molecule has 0 amide bonds. The van der Waals surface area contributed by atoms with Crippen LogP contribution in [0.5, 0.6) is 0 Å². The molecule has 9 rings (SSSR count). The van der Waals surface area contributed by atoms with Crippen molar-refractivity contribution in [3.63, 3.8) is 0 Å². The molecule has 0 unspecified atom stereocenters. The SMILES string of the molecule is c1ccc(-c2ccc(-c3cc(-c4cccc(-c5nc6ccccc6c6c(-c7ccccc7)cccc56)c4)nc(-c4ccccc4)n3)cc2)cc1. The highest BCUT2D eigenvalue weighted by Crippen LogP contribution is 2.39. The maximum Gasteiger partial charge on any atom is 0.160 e. The van der Waals surface area contributed by atoms with Crippen molar-refractivity contribution in [1.82, 2.24) is 15.0 Å². The van der Waals surface area contributed by atoms with Crippen LogP contribution in [0.2, 0.25) is 0 Å². The largest absolute Gasteiger partial charge is 0.247 e. The van der Waals surface area contributed by atoms with E-state index in [2.05, 4.69) is 164 Å². The van der Waals surface area contributed by atoms with Gasteiger partial charge in [0, 0.05) is 38.4 Å². The van der Waals surface area contributed by atoms with Crippen LogP contribution in [0.3, 0.4) is 0 Å². The molecule has 3 nitrogen and oxygen atoms in total. The lowest BCUT2D eigenvalue weighted by atomic mass is 9.92. The van der Waals surface area contributed by atoms with Gasteiger partial charge in [-0.05, 0) is 40.5 Å². The second kappa shape index (κ2) is 12.7. The molecule has 2 aromatic heterocycles. The van der Waals surface area contributed by atoms with Crippen LogP contribution in [0.25, 0.3) is 89.1 Å². The van der Waals surface area contributed by atoms with Crippen molar-refractivity contribution in [1.29, 1.82) is 0 Å². The summed E-state index contributed by atoms with van der Waals surface area (Å²) in [6, 6.07) is 65.6. The van der Waals surface area contributed by atoms with Gasteiger partial charge in [-0.15, -0.1) is 0 Å². The second-order valence-corrected chi connectivity index (χ2v) is 12.4. The van der Waals surface area contributed by atoms with Crippen LogP contribution in [0.4, 0.5) is 0 Å². The van der Waals surface area contributed by atoms with E-state index in [1.807, 2.05) is 24.3 Å². The van der Waals surface area contributed by atoms with Gasteiger partial charge in [0.05, 0.1) is 22.6 Å². The molecule has 0 aliphatic carbocycles. The molecule has 0 atom stereocenters. The summed E-state index contributed by atoms with van der Waals surface area (Å²) in [6.07, 6.45) is 0. The number of pyridine rings is 1. The molecule has 3 heteroatoms. The molecule has 0 saturated carbocycles. The molecular weight excluding hydrogens is 607 g/mol. The summed E-state index contributed by atoms with van der Waals surface area (Å²) in [7, 11) is 0. The number of benzene rings is 7. The zero-order valence-electron chi connectivity index (χ0n) is 27.2. The molecule has 0 aliphatic heterocycles. The fourth-order valence-corrected chi connectivity index (χ4v) is 6.83. The predicted molar refractivity (Wildman–Crippen MR) is 207 cm³/mol. The lowest BCUT2D eigenvalue weighted by molar-refractivity contribution is 1.18. The Kier molecular flexibility index (Phi) is 7.49. The van der Waals surface area contributed by atoms with Gasteiger partial charge in [0.1, 0.15) is 0 Å². The minimum absolute atomic E-state index is 0.692. The summed E-state index contributed by atoms with van der Waals surface area (Å²) >= 11 is 0. The smallest absolute Gasteiger partial charge is 0.160 e. The monoisotopic (exact) mass is 637 g/mol. The van der Waals surface area contributed by atoms with E-state index in [4.69, 9.17) is 15.0 Å². The van der Waals surface area contributed by atoms with E-state index in [9.17, 15) is 0 Å². The maximum absolute atomic E-state index is 5.27. The Morgan fingerprint density at radius 2 is 0.820 bits per heavy atom. The first-order valence-corrected chi connectivity index (χ1v) is 16.9. The molecule has 9 aromatic rings. The first kappa shape index (κ1) is 29.4. The Labute approximate surface area is 291 Å². The zero-order chi connectivity index (χ0) is 33.3. The predicted octanol–water partition coefficient (Wildman–Crippen LogP) is 12.2. The molecule has 0 radical (unpaired) electrons. The van der Waals surface area contributed by atoms with E-state index in [-0.39, 0.29) is 0 Å². The van der Waals surface area contributed by atoms with Gasteiger partial charge < -0.3 is 0 Å². The lowest BCUT2D eigenvalue weighted by Crippen LogP contribution is -1.96. The third kappa shape index (κ3) is 5.51. The number of aromatic nitrogens is 3. The standard InChI is InChI=1S/C47H31N3/c1-4-14-32(15-5-1)33-26-28-35(29-27-33)43-31-44(50-47(49-43)36-18-8-3-9-19-36)37-20-12-21-38(30-37)46-41-24-13-23-39(34-16-6-2-7-17-34)45(41)40-22-10-11-25-42(40)48-46/h1-31H. The normalized spacial score (nSPS) is 11.2. The van der Waals surface area contributed by atoms with Gasteiger partial charge in [-0.1, -0.05) is 170 Å². The van der Waals surface area contributed by atoms with Crippen molar-refractivity contribution in [2.75, 3.05) is 0 Å². The summed E-state index contributed by atoms with van der Waals surface area (Å²) in [4.78, 5) is 15.5. The van der Waals surface area contributed by atoms with Gasteiger partial charge in [-0.2, -0.15) is 0 Å². The van der Waals surface area contributed by atoms with E-state index in [1.165, 1.54) is 27.6 Å². The molecule has 7 aromatic carbocycles. The van der Waals surface area contributed by atoms with Gasteiger partial charge in [0.15, 0.2) is 5.82 Å². The van der Waals surface area contributed by atoms with Crippen molar-refractivity contribution in [3.05, 3.63) is 188 Å². The highest BCUT2D eigenvalue weighted by atomic mass is 14.9. The Bertz CT molecular complexity index is 2610. The Balaban J connectivity index is 1.20. The molecule has 0 N–H and O–H groups in total. The minimum Gasteiger partial charge on any atom is -0.247 e. The topological polar surface area (TPSA) is 38.7 Å². The molecular formula is C47H31N3. The van der Waals surface area contributed by atoms with Gasteiger partial charge in [-0.25, -0.2) is 15.0 Å². The molecule has 0 aliphatic rings. The van der Waals surface area contributed by atoms with Crippen molar-refractivity contribution >= 4 is 21.7 Å². The average Bonchev–Trinajstić information content (AvgIpc) is 3.21. The third-order valence-electron chi connectivity index (χ3n) is 9.29. The van der Waals surface area contributed by atoms with Crippen LogP contribution in [-0.4, -0.2) is 15.0 Å². The Morgan fingerprint density at radius 3 is 1.56 bits per heavy atom. The van der Waals surface area contributed by atoms with Crippen LogP contribution < -0.4 is 0 Å². The minimum atomic E-state index is 0.692. The lowest BCUT2D eigenvalue weighted by Gasteiger charge is -2.15. The van der Waals surface area contributed by atoms with Gasteiger partial charge in [0.25, 0.3) is 0 Å². The van der Waals surface area contributed by atoms with E-state index >= 15 is 0 Å². The third-order valence-corrected chi connectivity index (χ3v) is 9.29. The van der Waals surface area contributed by atoms with E-state index in [1.54, 1.807) is 0 Å². The first-order chi connectivity index (χ1) is 24.8. The van der Waals surface area contributed by atoms with E-state index in [0.29, 0.717) is 5.82 Å². The fraction of sp³-hybridized carbons (Fsp3) is 0. The van der Waals surface area contributed by atoms with Crippen LogP contribution in [0.15, 0.2) is 188 Å². The Hall–Kier alpha value is -6.71. The number of hydrogen-bond acceptors (Lipinski definition) is 3. The fourth-order valence-electron chi connectivity index (χ4n) is 6.83. The van der Waals surface area contributed by atoms with Crippen LogP contribution in [0, 0.1) is 0 Å². The molecule has 2 heterocycles. The summed E-state index contributed by atoms with van der Waals surface area (Å²) < 4.78 is 0. The maximum atomic E-state index is 5.27. The highest BCUT2D eigenvalue weighted by molar-refractivity contribution is 6.17. The zero-order valence-corrected chi connectivity index (χ0v) is 27.2. The van der Waals surface area contributed by atoms with Crippen molar-refractivity contribution < 1.29 is 0 Å². The molecule has 0 spiro atoms. The molecule has 234 valence electrons. The molecule has 0 saturated heterocycles. The number of rotatable bonds is 6. The quantitative estimate of drug-likeness (QED) is 0.170. The van der Waals surface area contributed by atoms with Crippen molar-refractivity contribution in [2.45, 2.75) is 0 Å². The molecule has 0 fully saturated rings. The summed E-state index contributed by atoms with van der Waals surface area (Å²) in [5.41, 5.74) is 12.5. The van der Waals surface area contributed by atoms with Gasteiger partial charge >= 0.3 is 0 Å². The van der Waals surface area contributed by atoms with Gasteiger partial charge in [0.2, 0.25) is 0 Å². The van der Waals surface area contributed by atoms with Crippen molar-refractivity contribution in [3.8, 4) is 67.4 Å². The molecule has 50 heavy (non-hydrogen) atoms. The Morgan fingerprint density at radius 1 is 0.300 bits per heavy atom. The number of para-hydroxylation sites is 1. The molecule has 0 bridgehead atoms. The number of hydrogen-bond donors (Lipinski definition) is 0. The van der Waals surface area contributed by atoms with Crippen LogP contribution in [0.1, 0.15) is 0 Å². The highest BCUT2D eigenvalue weighted by Gasteiger charge is 2.16. The summed E-state index contributed by atoms with van der Waals surface area (Å²) in [6.45, 7) is 0. The summed E-state index contributed by atoms with van der Waals surface area (Å²) in [5, 5.41) is 3.47. The van der Waals surface area contributed by atoms with Gasteiger partial charge in [-0.3, -0.25) is 0 Å². The number of nitrogens with zero attached hydrogens (tertiary/aromatic N) is 3. The second-order valence-electron chi connectivity index (χ2n) is 12.4. The van der Waals surface area contributed by atoms with Crippen LogP contribution in [-0.2, 0) is 0 Å². The first-order valence-electron chi connectivity index (χ1n) is 16.9. The number of fused-ring (bicyclic) bond motifs is 3.